The lowest BCUT2D eigenvalue weighted by Crippen LogP contribution is -2.51. The van der Waals surface area contributed by atoms with E-state index in [0.717, 1.165) is 11.1 Å². The lowest BCUT2D eigenvalue weighted by molar-refractivity contribution is -0.136. The van der Waals surface area contributed by atoms with Crippen molar-refractivity contribution >= 4 is 24.0 Å². The number of amides is 4. The molecule has 298 valence electrons. The van der Waals surface area contributed by atoms with Crippen LogP contribution in [0.25, 0.3) is 0 Å². The third kappa shape index (κ3) is 9.87. The van der Waals surface area contributed by atoms with Gasteiger partial charge in [-0.15, -0.1) is 0 Å². The van der Waals surface area contributed by atoms with Gasteiger partial charge in [-0.3, -0.25) is 9.59 Å². The van der Waals surface area contributed by atoms with Crippen molar-refractivity contribution in [3.05, 3.63) is 70.8 Å². The summed E-state index contributed by atoms with van der Waals surface area (Å²) in [6, 6.07) is 5.16. The van der Waals surface area contributed by atoms with Crippen LogP contribution in [0.5, 0.6) is 0 Å². The fourth-order valence-electron chi connectivity index (χ4n) is 6.75. The zero-order valence-electron chi connectivity index (χ0n) is 33.0. The first-order chi connectivity index (χ1) is 26.8. The summed E-state index contributed by atoms with van der Waals surface area (Å²) in [5.41, 5.74) is 2.70. The minimum Gasteiger partial charge on any atom is -0.453 e. The molecular formula is C40H50N8O8. The largest absolute Gasteiger partial charge is 0.453 e. The summed E-state index contributed by atoms with van der Waals surface area (Å²) >= 11 is 0. The predicted molar refractivity (Wildman–Crippen MR) is 204 cm³/mol. The van der Waals surface area contributed by atoms with Crippen LogP contribution in [-0.2, 0) is 28.5 Å². The van der Waals surface area contributed by atoms with Gasteiger partial charge < -0.3 is 49.3 Å². The topological polar surface area (TPSA) is 193 Å². The van der Waals surface area contributed by atoms with Crippen LogP contribution in [0.15, 0.2) is 36.7 Å². The maximum absolute atomic E-state index is 13.6. The van der Waals surface area contributed by atoms with Gasteiger partial charge in [-0.05, 0) is 47.9 Å². The van der Waals surface area contributed by atoms with Crippen LogP contribution in [0, 0.1) is 35.5 Å². The number of H-pyrrole nitrogens is 2. The molecule has 4 heterocycles. The Hall–Kier alpha value is -5.84. The molecule has 56 heavy (non-hydrogen) atoms. The lowest BCUT2D eigenvalue weighted by Gasteiger charge is -2.29. The second kappa shape index (κ2) is 18.7. The molecule has 2 aromatic heterocycles. The quantitative estimate of drug-likeness (QED) is 0.223. The van der Waals surface area contributed by atoms with Crippen molar-refractivity contribution in [2.45, 2.75) is 76.9 Å². The van der Waals surface area contributed by atoms with Crippen molar-refractivity contribution in [1.29, 1.82) is 0 Å². The van der Waals surface area contributed by atoms with Crippen molar-refractivity contribution in [3.63, 3.8) is 0 Å². The highest BCUT2D eigenvalue weighted by Gasteiger charge is 2.43. The normalized spacial score (nSPS) is 20.1. The minimum atomic E-state index is -0.773. The molecule has 4 amide bonds. The average molecular weight is 771 g/mol. The monoisotopic (exact) mass is 770 g/mol. The molecule has 6 unspecified atom stereocenters. The van der Waals surface area contributed by atoms with E-state index in [1.165, 1.54) is 14.2 Å². The molecule has 2 saturated heterocycles. The van der Waals surface area contributed by atoms with E-state index in [0.29, 0.717) is 49.0 Å². The first kappa shape index (κ1) is 41.3. The molecule has 16 nitrogen and oxygen atoms in total. The lowest BCUT2D eigenvalue weighted by atomic mass is 10.0. The van der Waals surface area contributed by atoms with Crippen molar-refractivity contribution in [2.75, 3.05) is 41.5 Å². The van der Waals surface area contributed by atoms with E-state index in [9.17, 15) is 19.2 Å². The molecule has 2 aliphatic heterocycles. The van der Waals surface area contributed by atoms with E-state index < -0.39 is 24.3 Å². The van der Waals surface area contributed by atoms with Crippen LogP contribution >= 0.6 is 0 Å². The number of hydrogen-bond acceptors (Lipinski definition) is 10. The third-order valence-electron chi connectivity index (χ3n) is 9.93. The number of hydrogen-bond donors (Lipinski definition) is 4. The number of aromatic nitrogens is 4. The van der Waals surface area contributed by atoms with E-state index in [1.807, 2.05) is 52.0 Å². The van der Waals surface area contributed by atoms with E-state index in [4.69, 9.17) is 18.9 Å². The fraction of sp³-hybridized carbons (Fsp3) is 0.500. The van der Waals surface area contributed by atoms with E-state index in [-0.39, 0.29) is 47.9 Å². The highest BCUT2D eigenvalue weighted by atomic mass is 16.5. The van der Waals surface area contributed by atoms with Crippen LogP contribution in [0.3, 0.4) is 0 Å². The van der Waals surface area contributed by atoms with Gasteiger partial charge in [0.15, 0.2) is 0 Å². The molecule has 2 aliphatic rings. The van der Waals surface area contributed by atoms with Gasteiger partial charge >= 0.3 is 12.2 Å². The van der Waals surface area contributed by atoms with Gasteiger partial charge in [0.1, 0.15) is 35.1 Å². The van der Waals surface area contributed by atoms with Crippen molar-refractivity contribution in [2.24, 2.45) is 11.8 Å². The average Bonchev–Trinajstić information content (AvgIpc) is 4.02. The van der Waals surface area contributed by atoms with Gasteiger partial charge in [0.25, 0.3) is 0 Å². The Kier molecular flexibility index (Phi) is 13.8. The molecule has 3 aromatic rings. The Morgan fingerprint density at radius 3 is 1.36 bits per heavy atom. The Morgan fingerprint density at radius 1 is 0.661 bits per heavy atom. The zero-order valence-corrected chi connectivity index (χ0v) is 33.0. The Bertz CT molecular complexity index is 1840. The number of carbonyl (C=O) groups is 4. The van der Waals surface area contributed by atoms with Crippen LogP contribution < -0.4 is 10.6 Å². The van der Waals surface area contributed by atoms with Crippen molar-refractivity contribution < 1.29 is 38.1 Å². The number of aromatic amines is 2. The number of methoxy groups -OCH3 is 4. The number of carbonyl (C=O) groups excluding carboxylic acids is 4. The highest BCUT2D eigenvalue weighted by molar-refractivity contribution is 5.87. The number of alkyl carbamates (subject to hydrolysis) is 2. The second-order valence-corrected chi connectivity index (χ2v) is 14.4. The zero-order chi connectivity index (χ0) is 40.5. The molecule has 2 fully saturated rings. The number of likely N-dealkylation sites (tertiary alicyclic amines) is 2. The third-order valence-corrected chi connectivity index (χ3v) is 9.93. The second-order valence-electron chi connectivity index (χ2n) is 14.4. The molecule has 0 aliphatic carbocycles. The molecule has 6 atom stereocenters. The maximum atomic E-state index is 13.6. The van der Waals surface area contributed by atoms with Gasteiger partial charge in [0.05, 0.1) is 50.9 Å². The standard InChI is InChI=1S/C40H50N8O8/c1-23(2)33(45-39(51)55-7)37(49)47-21-29(53-5)17-31(47)35-41-19-27(43-35)15-13-25-9-11-26(12-10-25)14-16-28-20-42-36(44-28)32-18-30(54-6)22-48(32)38(50)34(24(3)4)46-40(52)56-8/h9-12,19-20,23-24,29-34H,17-18,21-22H2,1-8H3,(H,41,43)(H,42,44)(H,45,51)(H,46,52). The van der Waals surface area contributed by atoms with E-state index in [1.54, 1.807) is 36.4 Å². The molecule has 0 radical (unpaired) electrons. The van der Waals surface area contributed by atoms with Gasteiger partial charge in [0, 0.05) is 51.3 Å². The first-order valence-corrected chi connectivity index (χ1v) is 18.4. The first-order valence-electron chi connectivity index (χ1n) is 18.4. The summed E-state index contributed by atoms with van der Waals surface area (Å²) < 4.78 is 20.7. The number of nitrogens with zero attached hydrogens (tertiary/aromatic N) is 4. The number of ether oxygens (including phenoxy) is 4. The van der Waals surface area contributed by atoms with Gasteiger partial charge in [0.2, 0.25) is 11.8 Å². The van der Waals surface area contributed by atoms with E-state index in [2.05, 4.69) is 54.3 Å². The number of nitrogens with one attached hydrogen (secondary N) is 4. The van der Waals surface area contributed by atoms with E-state index >= 15 is 0 Å². The Labute approximate surface area is 326 Å². The smallest absolute Gasteiger partial charge is 0.407 e. The SMILES string of the molecule is COC(=O)NC(C(=O)N1CC(OC)CC1c1ncc(C#Cc2ccc(C#Cc3cnc(C4CC(OC)CN4C(=O)C(NC(=O)OC)C(C)C)[nH]3)cc2)[nH]1)C(C)C. The van der Waals surface area contributed by atoms with Gasteiger partial charge in [-0.2, -0.15) is 0 Å². The summed E-state index contributed by atoms with van der Waals surface area (Å²) in [5.74, 6) is 12.8. The molecule has 4 N–H and O–H groups in total. The van der Waals surface area contributed by atoms with Crippen LogP contribution in [0.1, 0.15) is 86.8 Å². The molecule has 0 bridgehead atoms. The van der Waals surface area contributed by atoms with Gasteiger partial charge in [-0.1, -0.05) is 39.5 Å². The van der Waals surface area contributed by atoms with Crippen molar-refractivity contribution in [3.8, 4) is 23.7 Å². The molecule has 0 spiro atoms. The summed E-state index contributed by atoms with van der Waals surface area (Å²) in [5, 5.41) is 5.31. The summed E-state index contributed by atoms with van der Waals surface area (Å²) in [6.07, 6.45) is 2.62. The Balaban J connectivity index is 1.24. The van der Waals surface area contributed by atoms with Gasteiger partial charge in [-0.25, -0.2) is 19.6 Å². The fourth-order valence-corrected chi connectivity index (χ4v) is 6.75. The molecule has 16 heteroatoms. The summed E-state index contributed by atoms with van der Waals surface area (Å²) in [4.78, 5) is 70.2. The predicted octanol–water partition coefficient (Wildman–Crippen LogP) is 3.27. The highest BCUT2D eigenvalue weighted by Crippen LogP contribution is 2.34. The molecule has 1 aromatic carbocycles. The molecule has 0 saturated carbocycles. The number of imidazole rings is 2. The van der Waals surface area contributed by atoms with Crippen LogP contribution in [0.4, 0.5) is 9.59 Å². The van der Waals surface area contributed by atoms with Crippen molar-refractivity contribution in [1.82, 2.24) is 40.4 Å². The summed E-state index contributed by atoms with van der Waals surface area (Å²) in [7, 11) is 5.74. The molecule has 5 rings (SSSR count). The minimum absolute atomic E-state index is 0.170. The van der Waals surface area contributed by atoms with Crippen LogP contribution in [-0.4, -0.2) is 120 Å². The molecular weight excluding hydrogens is 720 g/mol. The maximum Gasteiger partial charge on any atom is 0.407 e. The number of rotatable bonds is 10. The Morgan fingerprint density at radius 2 is 1.04 bits per heavy atom. The number of benzene rings is 1. The van der Waals surface area contributed by atoms with Crippen LogP contribution in [0.2, 0.25) is 0 Å². The summed E-state index contributed by atoms with van der Waals surface area (Å²) in [6.45, 7) is 8.15.